The van der Waals surface area contributed by atoms with Gasteiger partial charge in [-0.15, -0.1) is 0 Å². The van der Waals surface area contributed by atoms with E-state index in [0.29, 0.717) is 19.6 Å². The molecule has 1 saturated heterocycles. The molecular formula is C29H30N4O3. The summed E-state index contributed by atoms with van der Waals surface area (Å²) in [5.74, 6) is 1.57. The van der Waals surface area contributed by atoms with E-state index >= 15 is 0 Å². The third-order valence-electron chi connectivity index (χ3n) is 6.55. The minimum Gasteiger partial charge on any atom is -0.497 e. The van der Waals surface area contributed by atoms with Gasteiger partial charge in [0.15, 0.2) is 0 Å². The lowest BCUT2D eigenvalue weighted by atomic mass is 10.0. The molecule has 3 heterocycles. The standard InChI is InChI=1S/C29H30N4O3/c1-35-25-15-24(16-26(17-25)36-2)32-11-13-33(14-12-32)29(34)28-21-31(19-22-7-6-10-30-18-22)20-27(28)23-8-4-3-5-9-23/h3-10,15-18,20-21H,11-14,19H2,1-2H3. The molecule has 1 fully saturated rings. The number of methoxy groups -OCH3 is 2. The number of carbonyl (C=O) groups is 1. The quantitative estimate of drug-likeness (QED) is 0.386. The third-order valence-corrected chi connectivity index (χ3v) is 6.55. The maximum Gasteiger partial charge on any atom is 0.256 e. The highest BCUT2D eigenvalue weighted by molar-refractivity contribution is 6.01. The van der Waals surface area contributed by atoms with Crippen molar-refractivity contribution in [2.75, 3.05) is 45.3 Å². The monoisotopic (exact) mass is 482 g/mol. The van der Waals surface area contributed by atoms with Crippen molar-refractivity contribution < 1.29 is 14.3 Å². The summed E-state index contributed by atoms with van der Waals surface area (Å²) in [6, 6.07) is 20.0. The number of pyridine rings is 1. The van der Waals surface area contributed by atoms with Crippen molar-refractivity contribution in [2.24, 2.45) is 0 Å². The van der Waals surface area contributed by atoms with Crippen molar-refractivity contribution >= 4 is 11.6 Å². The van der Waals surface area contributed by atoms with Gasteiger partial charge < -0.3 is 23.8 Å². The number of nitrogens with zero attached hydrogens (tertiary/aromatic N) is 4. The minimum atomic E-state index is 0.0571. The van der Waals surface area contributed by atoms with Gasteiger partial charge in [-0.05, 0) is 17.2 Å². The average Bonchev–Trinajstić information content (AvgIpc) is 3.37. The van der Waals surface area contributed by atoms with E-state index in [0.717, 1.165) is 52.5 Å². The molecule has 184 valence electrons. The Bertz CT molecular complexity index is 1290. The molecule has 0 bridgehead atoms. The second kappa shape index (κ2) is 10.6. The van der Waals surface area contributed by atoms with Gasteiger partial charge in [-0.25, -0.2) is 0 Å². The lowest BCUT2D eigenvalue weighted by Gasteiger charge is -2.36. The van der Waals surface area contributed by atoms with Crippen LogP contribution >= 0.6 is 0 Å². The fraction of sp³-hybridized carbons (Fsp3) is 0.241. The number of carbonyl (C=O) groups excluding carboxylic acids is 1. The second-order valence-corrected chi connectivity index (χ2v) is 8.84. The molecule has 7 nitrogen and oxygen atoms in total. The molecule has 0 spiro atoms. The zero-order chi connectivity index (χ0) is 24.9. The smallest absolute Gasteiger partial charge is 0.256 e. The van der Waals surface area contributed by atoms with Crippen molar-refractivity contribution in [3.05, 3.63) is 96.6 Å². The predicted octanol–water partition coefficient (Wildman–Crippen LogP) is 4.58. The van der Waals surface area contributed by atoms with Crippen molar-refractivity contribution in [1.29, 1.82) is 0 Å². The van der Waals surface area contributed by atoms with Gasteiger partial charge in [-0.2, -0.15) is 0 Å². The summed E-state index contributed by atoms with van der Waals surface area (Å²) in [6.45, 7) is 3.41. The molecule has 2 aromatic heterocycles. The van der Waals surface area contributed by atoms with E-state index in [9.17, 15) is 4.79 Å². The molecule has 5 rings (SSSR count). The summed E-state index contributed by atoms with van der Waals surface area (Å²) in [5, 5.41) is 0. The van der Waals surface area contributed by atoms with Crippen molar-refractivity contribution in [2.45, 2.75) is 6.54 Å². The molecular weight excluding hydrogens is 452 g/mol. The zero-order valence-corrected chi connectivity index (χ0v) is 20.6. The van der Waals surface area contributed by atoms with Crippen LogP contribution in [0.4, 0.5) is 5.69 Å². The number of hydrogen-bond acceptors (Lipinski definition) is 5. The lowest BCUT2D eigenvalue weighted by molar-refractivity contribution is 0.0747. The number of ether oxygens (including phenoxy) is 2. The van der Waals surface area contributed by atoms with Crippen molar-refractivity contribution in [3.63, 3.8) is 0 Å². The maximum absolute atomic E-state index is 13.7. The summed E-state index contributed by atoms with van der Waals surface area (Å²) >= 11 is 0. The Kier molecular flexibility index (Phi) is 6.89. The van der Waals surface area contributed by atoms with Crippen molar-refractivity contribution in [1.82, 2.24) is 14.5 Å². The second-order valence-electron chi connectivity index (χ2n) is 8.84. The fourth-order valence-corrected chi connectivity index (χ4v) is 4.63. The van der Waals surface area contributed by atoms with Crippen LogP contribution in [-0.4, -0.2) is 60.8 Å². The van der Waals surface area contributed by atoms with Gasteiger partial charge in [0.05, 0.1) is 19.8 Å². The summed E-state index contributed by atoms with van der Waals surface area (Å²) in [5.41, 5.74) is 4.83. The summed E-state index contributed by atoms with van der Waals surface area (Å²) in [7, 11) is 3.31. The number of anilines is 1. The number of amides is 1. The molecule has 1 amide bonds. The van der Waals surface area contributed by atoms with Gasteiger partial charge >= 0.3 is 0 Å². The van der Waals surface area contributed by atoms with Crippen LogP contribution in [0.5, 0.6) is 11.5 Å². The topological polar surface area (TPSA) is 59.8 Å². The Morgan fingerprint density at radius 2 is 1.61 bits per heavy atom. The minimum absolute atomic E-state index is 0.0571. The van der Waals surface area contributed by atoms with E-state index in [1.807, 2.05) is 65.8 Å². The molecule has 0 saturated carbocycles. The van der Waals surface area contributed by atoms with Gasteiger partial charge in [0.2, 0.25) is 0 Å². The Morgan fingerprint density at radius 1 is 0.889 bits per heavy atom. The van der Waals surface area contributed by atoms with Crippen LogP contribution in [-0.2, 0) is 6.54 Å². The van der Waals surface area contributed by atoms with Gasteiger partial charge in [0.1, 0.15) is 11.5 Å². The highest BCUT2D eigenvalue weighted by Crippen LogP contribution is 2.30. The van der Waals surface area contributed by atoms with Crippen LogP contribution in [0.25, 0.3) is 11.1 Å². The highest BCUT2D eigenvalue weighted by Gasteiger charge is 2.26. The van der Waals surface area contributed by atoms with E-state index in [2.05, 4.69) is 32.8 Å². The van der Waals surface area contributed by atoms with E-state index in [4.69, 9.17) is 9.47 Å². The van der Waals surface area contributed by atoms with E-state index < -0.39 is 0 Å². The Hall–Kier alpha value is -4.26. The summed E-state index contributed by atoms with van der Waals surface area (Å²) < 4.78 is 12.9. The number of piperazine rings is 1. The average molecular weight is 483 g/mol. The normalized spacial score (nSPS) is 13.5. The predicted molar refractivity (Wildman–Crippen MR) is 141 cm³/mol. The first-order valence-corrected chi connectivity index (χ1v) is 12.1. The van der Waals surface area contributed by atoms with Crippen molar-refractivity contribution in [3.8, 4) is 22.6 Å². The molecule has 1 aliphatic heterocycles. The molecule has 4 aromatic rings. The summed E-state index contributed by atoms with van der Waals surface area (Å²) in [4.78, 5) is 22.2. The molecule has 0 unspecified atom stereocenters. The molecule has 0 N–H and O–H groups in total. The highest BCUT2D eigenvalue weighted by atomic mass is 16.5. The fourth-order valence-electron chi connectivity index (χ4n) is 4.63. The van der Waals surface area contributed by atoms with E-state index in [-0.39, 0.29) is 5.91 Å². The molecule has 0 radical (unpaired) electrons. The van der Waals surface area contributed by atoms with Crippen LogP contribution in [0, 0.1) is 0 Å². The van der Waals surface area contributed by atoms with E-state index in [1.165, 1.54) is 0 Å². The third kappa shape index (κ3) is 5.05. The number of hydrogen-bond donors (Lipinski definition) is 0. The number of aromatic nitrogens is 2. The van der Waals surface area contributed by atoms with Crippen LogP contribution in [0.3, 0.4) is 0 Å². The SMILES string of the molecule is COc1cc(OC)cc(N2CCN(C(=O)c3cn(Cc4cccnc4)cc3-c3ccccc3)CC2)c1. The molecule has 0 aliphatic carbocycles. The van der Waals surface area contributed by atoms with E-state index in [1.54, 1.807) is 20.4 Å². The molecule has 36 heavy (non-hydrogen) atoms. The number of benzene rings is 2. The Morgan fingerprint density at radius 3 is 2.25 bits per heavy atom. The molecule has 7 heteroatoms. The number of rotatable bonds is 7. The van der Waals surface area contributed by atoms with Gasteiger partial charge in [-0.1, -0.05) is 36.4 Å². The summed E-state index contributed by atoms with van der Waals surface area (Å²) in [6.07, 6.45) is 7.66. The zero-order valence-electron chi connectivity index (χ0n) is 20.6. The Balaban J connectivity index is 1.36. The van der Waals surface area contributed by atoms with Crippen LogP contribution in [0.1, 0.15) is 15.9 Å². The first-order chi connectivity index (χ1) is 17.6. The molecule has 0 atom stereocenters. The van der Waals surface area contributed by atoms with Gasteiger partial charge in [0.25, 0.3) is 5.91 Å². The Labute approximate surface area is 211 Å². The molecule has 1 aliphatic rings. The van der Waals surface area contributed by atoms with Gasteiger partial charge in [0, 0.05) is 87.0 Å². The van der Waals surface area contributed by atoms with Crippen LogP contribution in [0.15, 0.2) is 85.5 Å². The van der Waals surface area contributed by atoms with Gasteiger partial charge in [-0.3, -0.25) is 9.78 Å². The lowest BCUT2D eigenvalue weighted by Crippen LogP contribution is -2.48. The first-order valence-electron chi connectivity index (χ1n) is 12.1. The van der Waals surface area contributed by atoms with Crippen LogP contribution < -0.4 is 14.4 Å². The molecule has 2 aromatic carbocycles. The first kappa shape index (κ1) is 23.5. The largest absolute Gasteiger partial charge is 0.497 e. The van der Waals surface area contributed by atoms with Crippen LogP contribution in [0.2, 0.25) is 0 Å². The maximum atomic E-state index is 13.7.